The molecule has 2 aromatic carbocycles. The second-order valence-corrected chi connectivity index (χ2v) is 6.93. The number of methoxy groups -OCH3 is 1. The minimum atomic E-state index is -0.350. The second-order valence-electron chi connectivity index (χ2n) is 6.49. The summed E-state index contributed by atoms with van der Waals surface area (Å²) in [4.78, 5) is 16.7. The molecule has 158 valence electrons. The summed E-state index contributed by atoms with van der Waals surface area (Å²) in [6.07, 6.45) is 2.99. The van der Waals surface area contributed by atoms with E-state index in [-0.39, 0.29) is 6.03 Å². The van der Waals surface area contributed by atoms with Gasteiger partial charge in [0.1, 0.15) is 17.8 Å². The molecule has 2 N–H and O–H groups in total. The van der Waals surface area contributed by atoms with E-state index < -0.39 is 0 Å². The zero-order chi connectivity index (χ0) is 21.3. The number of oxazole rings is 1. The summed E-state index contributed by atoms with van der Waals surface area (Å²) < 4.78 is 16.3. The Morgan fingerprint density at radius 1 is 1.20 bits per heavy atom. The molecule has 0 spiro atoms. The second kappa shape index (κ2) is 10.5. The molecule has 0 aliphatic rings. The zero-order valence-corrected chi connectivity index (χ0v) is 17.7. The number of aromatic nitrogens is 1. The van der Waals surface area contributed by atoms with E-state index in [1.54, 1.807) is 31.6 Å². The van der Waals surface area contributed by atoms with Crippen LogP contribution in [0.3, 0.4) is 0 Å². The standard InChI is InChI=1S/C22H24ClN3O4/c1-3-12-29-20-9-6-16(23)13-19(20)26-22(27)24-11-10-17-14-30-21(25-17)15-4-7-18(28-2)8-5-15/h4-9,13-14H,3,10-12H2,1-2H3,(H2,24,26,27). The van der Waals surface area contributed by atoms with Crippen molar-refractivity contribution in [2.24, 2.45) is 0 Å². The molecule has 8 heteroatoms. The van der Waals surface area contributed by atoms with Crippen LogP contribution in [0.2, 0.25) is 5.02 Å². The molecule has 7 nitrogen and oxygen atoms in total. The molecule has 0 bridgehead atoms. The lowest BCUT2D eigenvalue weighted by Gasteiger charge is -2.13. The Morgan fingerprint density at radius 3 is 2.73 bits per heavy atom. The monoisotopic (exact) mass is 429 g/mol. The third-order valence-electron chi connectivity index (χ3n) is 4.21. The van der Waals surface area contributed by atoms with E-state index >= 15 is 0 Å². The van der Waals surface area contributed by atoms with Gasteiger partial charge in [-0.15, -0.1) is 0 Å². The maximum Gasteiger partial charge on any atom is 0.319 e. The summed E-state index contributed by atoms with van der Waals surface area (Å²) >= 11 is 6.04. The normalized spacial score (nSPS) is 10.5. The van der Waals surface area contributed by atoms with Gasteiger partial charge in [0.2, 0.25) is 5.89 Å². The number of anilines is 1. The van der Waals surface area contributed by atoms with Crippen molar-refractivity contribution in [2.45, 2.75) is 19.8 Å². The third-order valence-corrected chi connectivity index (χ3v) is 4.44. The van der Waals surface area contributed by atoms with Crippen molar-refractivity contribution in [3.05, 3.63) is 59.4 Å². The van der Waals surface area contributed by atoms with Crippen molar-refractivity contribution in [2.75, 3.05) is 25.6 Å². The number of nitrogens with one attached hydrogen (secondary N) is 2. The van der Waals surface area contributed by atoms with E-state index in [9.17, 15) is 4.79 Å². The number of carbonyl (C=O) groups is 1. The molecule has 0 saturated carbocycles. The van der Waals surface area contributed by atoms with Crippen LogP contribution in [0.5, 0.6) is 11.5 Å². The molecule has 3 aromatic rings. The fourth-order valence-corrected chi connectivity index (χ4v) is 2.87. The first-order chi connectivity index (χ1) is 14.6. The molecule has 30 heavy (non-hydrogen) atoms. The largest absolute Gasteiger partial charge is 0.497 e. The molecule has 0 unspecified atom stereocenters. The van der Waals surface area contributed by atoms with E-state index in [2.05, 4.69) is 15.6 Å². The number of hydrogen-bond donors (Lipinski definition) is 2. The Balaban J connectivity index is 1.51. The highest BCUT2D eigenvalue weighted by Crippen LogP contribution is 2.28. The number of hydrogen-bond acceptors (Lipinski definition) is 5. The summed E-state index contributed by atoms with van der Waals surface area (Å²) in [5.41, 5.74) is 2.13. The molecule has 2 amide bonds. The van der Waals surface area contributed by atoms with Crippen LogP contribution in [0.1, 0.15) is 19.0 Å². The first-order valence-electron chi connectivity index (χ1n) is 9.65. The van der Waals surface area contributed by atoms with Gasteiger partial charge in [-0.25, -0.2) is 9.78 Å². The topological polar surface area (TPSA) is 85.6 Å². The average molecular weight is 430 g/mol. The van der Waals surface area contributed by atoms with Crippen molar-refractivity contribution >= 4 is 23.3 Å². The molecule has 0 aliphatic carbocycles. The number of carbonyl (C=O) groups excluding carboxylic acids is 1. The van der Waals surface area contributed by atoms with Gasteiger partial charge < -0.3 is 24.5 Å². The zero-order valence-electron chi connectivity index (χ0n) is 16.9. The Hall–Kier alpha value is -3.19. The summed E-state index contributed by atoms with van der Waals surface area (Å²) in [5, 5.41) is 6.09. The number of halogens is 1. The molecule has 0 saturated heterocycles. The van der Waals surface area contributed by atoms with Gasteiger partial charge in [0.25, 0.3) is 0 Å². The van der Waals surface area contributed by atoms with E-state index in [0.29, 0.717) is 41.9 Å². The number of rotatable bonds is 9. The number of ether oxygens (including phenoxy) is 2. The highest BCUT2D eigenvalue weighted by atomic mass is 35.5. The van der Waals surface area contributed by atoms with Gasteiger partial charge in [0.15, 0.2) is 0 Å². The molecule has 3 rings (SSSR count). The smallest absolute Gasteiger partial charge is 0.319 e. The van der Waals surface area contributed by atoms with Crippen molar-refractivity contribution in [1.29, 1.82) is 0 Å². The fraction of sp³-hybridized carbons (Fsp3) is 0.273. The number of urea groups is 1. The van der Waals surface area contributed by atoms with Crippen LogP contribution in [0, 0.1) is 0 Å². The number of benzene rings is 2. The highest BCUT2D eigenvalue weighted by molar-refractivity contribution is 6.31. The first-order valence-corrected chi connectivity index (χ1v) is 10.0. The highest BCUT2D eigenvalue weighted by Gasteiger charge is 2.10. The van der Waals surface area contributed by atoms with Gasteiger partial charge in [0, 0.05) is 23.6 Å². The van der Waals surface area contributed by atoms with Crippen LogP contribution in [-0.4, -0.2) is 31.3 Å². The van der Waals surface area contributed by atoms with Crippen LogP contribution >= 0.6 is 11.6 Å². The van der Waals surface area contributed by atoms with Crippen LogP contribution in [0.25, 0.3) is 11.5 Å². The molecule has 0 radical (unpaired) electrons. The first kappa shape index (κ1) is 21.5. The van der Waals surface area contributed by atoms with E-state index in [1.165, 1.54) is 0 Å². The van der Waals surface area contributed by atoms with Gasteiger partial charge in [0.05, 0.1) is 25.1 Å². The molecular formula is C22H24ClN3O4. The van der Waals surface area contributed by atoms with Crippen molar-refractivity contribution in [3.8, 4) is 23.0 Å². The lowest BCUT2D eigenvalue weighted by atomic mass is 10.2. The maximum atomic E-state index is 12.3. The lowest BCUT2D eigenvalue weighted by molar-refractivity contribution is 0.252. The number of nitrogens with zero attached hydrogens (tertiary/aromatic N) is 1. The fourth-order valence-electron chi connectivity index (χ4n) is 2.70. The van der Waals surface area contributed by atoms with Crippen LogP contribution in [-0.2, 0) is 6.42 Å². The molecule has 1 heterocycles. The summed E-state index contributed by atoms with van der Waals surface area (Å²) in [6, 6.07) is 12.2. The molecule has 0 atom stereocenters. The summed E-state index contributed by atoms with van der Waals surface area (Å²) in [6.45, 7) is 2.96. The van der Waals surface area contributed by atoms with Crippen LogP contribution < -0.4 is 20.1 Å². The Morgan fingerprint density at radius 2 is 2.00 bits per heavy atom. The number of amides is 2. The van der Waals surface area contributed by atoms with Crippen molar-refractivity contribution < 1.29 is 18.7 Å². The quantitative estimate of drug-likeness (QED) is 0.491. The Kier molecular flexibility index (Phi) is 7.57. The average Bonchev–Trinajstić information content (AvgIpc) is 3.22. The van der Waals surface area contributed by atoms with Gasteiger partial charge in [-0.2, -0.15) is 0 Å². The van der Waals surface area contributed by atoms with Gasteiger partial charge in [-0.1, -0.05) is 18.5 Å². The third kappa shape index (κ3) is 5.90. The maximum absolute atomic E-state index is 12.3. The van der Waals surface area contributed by atoms with Gasteiger partial charge in [-0.3, -0.25) is 0 Å². The molecule has 0 aliphatic heterocycles. The van der Waals surface area contributed by atoms with Crippen molar-refractivity contribution in [3.63, 3.8) is 0 Å². The SMILES string of the molecule is CCCOc1ccc(Cl)cc1NC(=O)NCCc1coc(-c2ccc(OC)cc2)n1. The van der Waals surface area contributed by atoms with E-state index in [1.807, 2.05) is 31.2 Å². The van der Waals surface area contributed by atoms with E-state index in [4.69, 9.17) is 25.5 Å². The Bertz CT molecular complexity index is 973. The summed E-state index contributed by atoms with van der Waals surface area (Å²) in [5.74, 6) is 1.87. The van der Waals surface area contributed by atoms with Crippen LogP contribution in [0.4, 0.5) is 10.5 Å². The minimum Gasteiger partial charge on any atom is -0.497 e. The molecule has 1 aromatic heterocycles. The molecule has 0 fully saturated rings. The predicted molar refractivity (Wildman–Crippen MR) is 116 cm³/mol. The minimum absolute atomic E-state index is 0.350. The van der Waals surface area contributed by atoms with Gasteiger partial charge >= 0.3 is 6.03 Å². The van der Waals surface area contributed by atoms with Gasteiger partial charge in [-0.05, 0) is 48.9 Å². The molecular weight excluding hydrogens is 406 g/mol. The van der Waals surface area contributed by atoms with Crippen LogP contribution in [0.15, 0.2) is 53.1 Å². The Labute approximate surface area is 180 Å². The lowest BCUT2D eigenvalue weighted by Crippen LogP contribution is -2.30. The van der Waals surface area contributed by atoms with Crippen molar-refractivity contribution in [1.82, 2.24) is 10.3 Å². The predicted octanol–water partition coefficient (Wildman–Crippen LogP) is 5.16. The van der Waals surface area contributed by atoms with E-state index in [0.717, 1.165) is 23.4 Å². The summed E-state index contributed by atoms with van der Waals surface area (Å²) in [7, 11) is 1.62.